The van der Waals surface area contributed by atoms with Gasteiger partial charge in [0, 0.05) is 24.2 Å². The van der Waals surface area contributed by atoms with Gasteiger partial charge in [0.05, 0.1) is 0 Å². The van der Waals surface area contributed by atoms with Crippen molar-refractivity contribution in [1.29, 1.82) is 0 Å². The minimum absolute atomic E-state index is 0.620. The summed E-state index contributed by atoms with van der Waals surface area (Å²) in [5, 5.41) is 5.85. The van der Waals surface area contributed by atoms with Crippen molar-refractivity contribution in [2.45, 2.75) is 31.7 Å². The molecule has 1 N–H and O–H groups in total. The Morgan fingerprint density at radius 3 is 3.05 bits per heavy atom. The van der Waals surface area contributed by atoms with Gasteiger partial charge >= 0.3 is 0 Å². The second kappa shape index (κ2) is 6.23. The molecule has 3 rings (SSSR count). The molecule has 0 spiro atoms. The van der Waals surface area contributed by atoms with Crippen molar-refractivity contribution in [2.75, 3.05) is 25.0 Å². The van der Waals surface area contributed by atoms with Crippen LogP contribution in [0.25, 0.3) is 10.8 Å². The monoisotopic (exact) mass is 269 g/mol. The van der Waals surface area contributed by atoms with Gasteiger partial charge in [-0.2, -0.15) is 0 Å². The van der Waals surface area contributed by atoms with E-state index in [4.69, 9.17) is 4.98 Å². The molecule has 3 heteroatoms. The van der Waals surface area contributed by atoms with E-state index >= 15 is 0 Å². The third kappa shape index (κ3) is 2.63. The van der Waals surface area contributed by atoms with Gasteiger partial charge < -0.3 is 10.2 Å². The van der Waals surface area contributed by atoms with Gasteiger partial charge in [-0.15, -0.1) is 0 Å². The number of nitrogens with zero attached hydrogens (tertiary/aromatic N) is 2. The van der Waals surface area contributed by atoms with Crippen LogP contribution >= 0.6 is 0 Å². The van der Waals surface area contributed by atoms with Crippen molar-refractivity contribution >= 4 is 16.6 Å². The molecule has 20 heavy (non-hydrogen) atoms. The smallest absolute Gasteiger partial charge is 0.136 e. The Bertz CT molecular complexity index is 562. The highest BCUT2D eigenvalue weighted by molar-refractivity contribution is 5.92. The quantitative estimate of drug-likeness (QED) is 0.924. The molecule has 0 radical (unpaired) electrons. The van der Waals surface area contributed by atoms with Crippen LogP contribution < -0.4 is 10.2 Å². The first-order chi connectivity index (χ1) is 9.90. The van der Waals surface area contributed by atoms with E-state index in [1.165, 1.54) is 42.3 Å². The minimum atomic E-state index is 0.620. The van der Waals surface area contributed by atoms with Crippen LogP contribution in [0.2, 0.25) is 0 Å². The summed E-state index contributed by atoms with van der Waals surface area (Å²) in [5.74, 6) is 1.17. The van der Waals surface area contributed by atoms with Crippen molar-refractivity contribution in [3.05, 3.63) is 36.5 Å². The first-order valence-corrected chi connectivity index (χ1v) is 7.65. The SMILES string of the molecule is CNCCC1CCCCN1c1nccc2ccccc12. The molecule has 1 aliphatic rings. The predicted molar refractivity (Wildman–Crippen MR) is 85.3 cm³/mol. The number of pyridine rings is 1. The van der Waals surface area contributed by atoms with Gasteiger partial charge in [0.15, 0.2) is 0 Å². The Labute approximate surface area is 121 Å². The fraction of sp³-hybridized carbons (Fsp3) is 0.471. The van der Waals surface area contributed by atoms with Crippen molar-refractivity contribution in [2.24, 2.45) is 0 Å². The second-order valence-corrected chi connectivity index (χ2v) is 5.59. The molecule has 1 saturated heterocycles. The lowest BCUT2D eigenvalue weighted by Gasteiger charge is -2.37. The molecule has 106 valence electrons. The maximum atomic E-state index is 4.69. The number of rotatable bonds is 4. The fourth-order valence-electron chi connectivity index (χ4n) is 3.22. The Hall–Kier alpha value is -1.61. The average Bonchev–Trinajstić information content (AvgIpc) is 2.53. The van der Waals surface area contributed by atoms with Gasteiger partial charge in [-0.3, -0.25) is 0 Å². The van der Waals surface area contributed by atoms with Gasteiger partial charge in [0.1, 0.15) is 5.82 Å². The molecule has 0 bridgehead atoms. The first kappa shape index (κ1) is 13.4. The van der Waals surface area contributed by atoms with Crippen LogP contribution in [-0.2, 0) is 0 Å². The number of hydrogen-bond acceptors (Lipinski definition) is 3. The van der Waals surface area contributed by atoms with E-state index in [0.29, 0.717) is 6.04 Å². The highest BCUT2D eigenvalue weighted by Gasteiger charge is 2.24. The van der Waals surface area contributed by atoms with Gasteiger partial charge in [-0.25, -0.2) is 4.98 Å². The maximum absolute atomic E-state index is 4.69. The van der Waals surface area contributed by atoms with E-state index in [9.17, 15) is 0 Å². The average molecular weight is 269 g/mol. The van der Waals surface area contributed by atoms with E-state index in [1.807, 2.05) is 13.2 Å². The first-order valence-electron chi connectivity index (χ1n) is 7.65. The van der Waals surface area contributed by atoms with Gasteiger partial charge in [-0.1, -0.05) is 24.3 Å². The van der Waals surface area contributed by atoms with E-state index in [0.717, 1.165) is 13.1 Å². The van der Waals surface area contributed by atoms with Gasteiger partial charge in [0.25, 0.3) is 0 Å². The van der Waals surface area contributed by atoms with Crippen molar-refractivity contribution in [3.63, 3.8) is 0 Å². The zero-order valence-corrected chi connectivity index (χ0v) is 12.2. The normalized spacial score (nSPS) is 19.4. The van der Waals surface area contributed by atoms with Crippen LogP contribution in [0.1, 0.15) is 25.7 Å². The summed E-state index contributed by atoms with van der Waals surface area (Å²) < 4.78 is 0. The van der Waals surface area contributed by atoms with Crippen LogP contribution in [-0.4, -0.2) is 31.2 Å². The zero-order valence-electron chi connectivity index (χ0n) is 12.2. The summed E-state index contributed by atoms with van der Waals surface area (Å²) in [6.07, 6.45) is 7.05. The molecular weight excluding hydrogens is 246 g/mol. The molecular formula is C17H23N3. The Kier molecular flexibility index (Phi) is 4.16. The lowest BCUT2D eigenvalue weighted by atomic mass is 9.98. The summed E-state index contributed by atoms with van der Waals surface area (Å²) >= 11 is 0. The van der Waals surface area contributed by atoms with E-state index < -0.39 is 0 Å². The highest BCUT2D eigenvalue weighted by atomic mass is 15.2. The molecule has 0 aliphatic carbocycles. The summed E-state index contributed by atoms with van der Waals surface area (Å²) in [6, 6.07) is 11.3. The molecule has 1 fully saturated rings. The molecule has 1 unspecified atom stereocenters. The van der Waals surface area contributed by atoms with Crippen LogP contribution in [0, 0.1) is 0 Å². The Balaban J connectivity index is 1.95. The number of benzene rings is 1. The summed E-state index contributed by atoms with van der Waals surface area (Å²) in [7, 11) is 2.03. The molecule has 1 atom stereocenters. The number of hydrogen-bond donors (Lipinski definition) is 1. The largest absolute Gasteiger partial charge is 0.353 e. The molecule has 1 aliphatic heterocycles. The molecule has 2 heterocycles. The van der Waals surface area contributed by atoms with E-state index in [1.54, 1.807) is 0 Å². The van der Waals surface area contributed by atoms with Crippen molar-refractivity contribution in [1.82, 2.24) is 10.3 Å². The molecule has 1 aromatic heterocycles. The minimum Gasteiger partial charge on any atom is -0.353 e. The number of anilines is 1. The second-order valence-electron chi connectivity index (χ2n) is 5.59. The van der Waals surface area contributed by atoms with Gasteiger partial charge in [0.2, 0.25) is 0 Å². The lowest BCUT2D eigenvalue weighted by molar-refractivity contribution is 0.431. The van der Waals surface area contributed by atoms with Crippen molar-refractivity contribution < 1.29 is 0 Å². The number of fused-ring (bicyclic) bond motifs is 1. The number of aromatic nitrogens is 1. The Morgan fingerprint density at radius 1 is 1.25 bits per heavy atom. The van der Waals surface area contributed by atoms with Crippen molar-refractivity contribution in [3.8, 4) is 0 Å². The van der Waals surface area contributed by atoms with Crippen LogP contribution in [0.3, 0.4) is 0 Å². The summed E-state index contributed by atoms with van der Waals surface area (Å²) in [4.78, 5) is 7.23. The van der Waals surface area contributed by atoms with E-state index in [-0.39, 0.29) is 0 Å². The molecule has 1 aromatic carbocycles. The molecule has 0 amide bonds. The van der Waals surface area contributed by atoms with Crippen LogP contribution in [0.4, 0.5) is 5.82 Å². The zero-order chi connectivity index (χ0) is 13.8. The topological polar surface area (TPSA) is 28.2 Å². The van der Waals surface area contributed by atoms with Gasteiger partial charge in [-0.05, 0) is 50.7 Å². The molecule has 3 nitrogen and oxygen atoms in total. The van der Waals surface area contributed by atoms with Crippen LogP contribution in [0.5, 0.6) is 0 Å². The highest BCUT2D eigenvalue weighted by Crippen LogP contribution is 2.30. The van der Waals surface area contributed by atoms with E-state index in [2.05, 4.69) is 40.5 Å². The fourth-order valence-corrected chi connectivity index (χ4v) is 3.22. The summed E-state index contributed by atoms with van der Waals surface area (Å²) in [6.45, 7) is 2.21. The summed E-state index contributed by atoms with van der Waals surface area (Å²) in [5.41, 5.74) is 0. The van der Waals surface area contributed by atoms with Crippen LogP contribution in [0.15, 0.2) is 36.5 Å². The molecule has 0 saturated carbocycles. The lowest BCUT2D eigenvalue weighted by Crippen LogP contribution is -2.41. The maximum Gasteiger partial charge on any atom is 0.136 e. The number of piperidine rings is 1. The number of nitrogens with one attached hydrogen (secondary N) is 1. The third-order valence-corrected chi connectivity index (χ3v) is 4.28. The Morgan fingerprint density at radius 2 is 2.15 bits per heavy atom. The predicted octanol–water partition coefficient (Wildman–Crippen LogP) is 3.20. The molecule has 2 aromatic rings. The third-order valence-electron chi connectivity index (χ3n) is 4.28. The standard InChI is InChI=1S/C17H23N3/c1-18-11-10-15-7-4-5-13-20(15)17-16-8-3-2-6-14(16)9-12-19-17/h2-3,6,8-9,12,15,18H,4-5,7,10-11,13H2,1H3.